The third-order valence-corrected chi connectivity index (χ3v) is 3.00. The van der Waals surface area contributed by atoms with Gasteiger partial charge in [-0.25, -0.2) is 0 Å². The molecule has 0 aromatic carbocycles. The highest BCUT2D eigenvalue weighted by atomic mass is 16.5. The Kier molecular flexibility index (Phi) is 3.36. The Morgan fingerprint density at radius 3 is 2.93 bits per heavy atom. The molecule has 4 heteroatoms. The third-order valence-electron chi connectivity index (χ3n) is 3.00. The molecule has 84 valence electrons. The van der Waals surface area contributed by atoms with E-state index in [1.807, 2.05) is 6.92 Å². The van der Waals surface area contributed by atoms with E-state index >= 15 is 0 Å². The molecule has 1 aromatic rings. The predicted octanol–water partition coefficient (Wildman–Crippen LogP) is 2.01. The van der Waals surface area contributed by atoms with Crippen LogP contribution in [0.2, 0.25) is 0 Å². The van der Waals surface area contributed by atoms with Gasteiger partial charge in [-0.05, 0) is 32.6 Å². The van der Waals surface area contributed by atoms with Crippen LogP contribution in [-0.2, 0) is 6.42 Å². The molecule has 0 bridgehead atoms. The number of hydrogen-bond donors (Lipinski definition) is 1. The van der Waals surface area contributed by atoms with Crippen molar-refractivity contribution >= 4 is 0 Å². The average Bonchev–Trinajstić information content (AvgIpc) is 2.49. The van der Waals surface area contributed by atoms with Crippen LogP contribution in [-0.4, -0.2) is 16.2 Å². The van der Waals surface area contributed by atoms with Gasteiger partial charge in [0.05, 0.1) is 0 Å². The lowest BCUT2D eigenvalue weighted by Crippen LogP contribution is -2.14. The Labute approximate surface area is 90.2 Å². The van der Waals surface area contributed by atoms with Crippen LogP contribution < -0.4 is 5.73 Å². The molecule has 2 N–H and O–H groups in total. The minimum absolute atomic E-state index is 0.263. The van der Waals surface area contributed by atoms with Crippen LogP contribution in [0, 0.1) is 0 Å². The fraction of sp³-hybridized carbons (Fsp3) is 0.818. The first-order valence-electron chi connectivity index (χ1n) is 5.84. The third kappa shape index (κ3) is 2.78. The molecule has 15 heavy (non-hydrogen) atoms. The maximum Gasteiger partial charge on any atom is 0.226 e. The fourth-order valence-electron chi connectivity index (χ4n) is 1.78. The summed E-state index contributed by atoms with van der Waals surface area (Å²) in [5.41, 5.74) is 5.67. The van der Waals surface area contributed by atoms with E-state index in [1.54, 1.807) is 0 Å². The molecule has 1 heterocycles. The van der Waals surface area contributed by atoms with Crippen molar-refractivity contribution in [3.05, 3.63) is 11.7 Å². The molecular formula is C11H19N3O. The molecule has 1 unspecified atom stereocenters. The molecule has 1 aliphatic rings. The van der Waals surface area contributed by atoms with Crippen LogP contribution in [0.3, 0.4) is 0 Å². The first kappa shape index (κ1) is 10.6. The van der Waals surface area contributed by atoms with Crippen molar-refractivity contribution in [1.82, 2.24) is 10.1 Å². The SMILES string of the molecule is CC(N)CCCc1nc(C2CCC2)no1. The second kappa shape index (κ2) is 4.75. The van der Waals surface area contributed by atoms with Crippen LogP contribution in [0.25, 0.3) is 0 Å². The van der Waals surface area contributed by atoms with Crippen LogP contribution >= 0.6 is 0 Å². The Hall–Kier alpha value is -0.900. The zero-order valence-electron chi connectivity index (χ0n) is 9.28. The highest BCUT2D eigenvalue weighted by Crippen LogP contribution is 2.34. The molecule has 0 saturated heterocycles. The summed E-state index contributed by atoms with van der Waals surface area (Å²) in [7, 11) is 0. The van der Waals surface area contributed by atoms with Crippen molar-refractivity contribution in [2.45, 2.75) is 57.4 Å². The van der Waals surface area contributed by atoms with Gasteiger partial charge in [-0.3, -0.25) is 0 Å². The van der Waals surface area contributed by atoms with Gasteiger partial charge in [-0.2, -0.15) is 4.98 Å². The Morgan fingerprint density at radius 2 is 2.33 bits per heavy atom. The van der Waals surface area contributed by atoms with E-state index in [2.05, 4.69) is 10.1 Å². The first-order chi connectivity index (χ1) is 7.25. The van der Waals surface area contributed by atoms with Gasteiger partial charge in [0.15, 0.2) is 5.82 Å². The number of aromatic nitrogens is 2. The number of nitrogens with zero attached hydrogens (tertiary/aromatic N) is 2. The summed E-state index contributed by atoms with van der Waals surface area (Å²) in [6, 6.07) is 0.263. The molecule has 0 amide bonds. The summed E-state index contributed by atoms with van der Waals surface area (Å²) >= 11 is 0. The van der Waals surface area contributed by atoms with Gasteiger partial charge in [-0.1, -0.05) is 11.6 Å². The van der Waals surface area contributed by atoms with Crippen molar-refractivity contribution in [2.24, 2.45) is 5.73 Å². The van der Waals surface area contributed by atoms with Crippen molar-refractivity contribution in [3.8, 4) is 0 Å². The molecule has 0 spiro atoms. The second-order valence-corrected chi connectivity index (χ2v) is 4.54. The van der Waals surface area contributed by atoms with Crippen molar-refractivity contribution < 1.29 is 4.52 Å². The Morgan fingerprint density at radius 1 is 1.53 bits per heavy atom. The first-order valence-corrected chi connectivity index (χ1v) is 5.84. The van der Waals surface area contributed by atoms with Gasteiger partial charge in [0.2, 0.25) is 5.89 Å². The van der Waals surface area contributed by atoms with Crippen molar-refractivity contribution in [1.29, 1.82) is 0 Å². The molecule has 1 atom stereocenters. The quantitative estimate of drug-likeness (QED) is 0.805. The molecule has 2 rings (SSSR count). The minimum Gasteiger partial charge on any atom is -0.339 e. The molecule has 4 nitrogen and oxygen atoms in total. The van der Waals surface area contributed by atoms with E-state index in [9.17, 15) is 0 Å². The summed E-state index contributed by atoms with van der Waals surface area (Å²) in [6.07, 6.45) is 6.66. The van der Waals surface area contributed by atoms with E-state index in [1.165, 1.54) is 19.3 Å². The lowest BCUT2D eigenvalue weighted by Gasteiger charge is -2.20. The highest BCUT2D eigenvalue weighted by molar-refractivity contribution is 4.99. The largest absolute Gasteiger partial charge is 0.339 e. The van der Waals surface area contributed by atoms with Gasteiger partial charge in [0.25, 0.3) is 0 Å². The lowest BCUT2D eigenvalue weighted by atomic mass is 9.85. The zero-order valence-corrected chi connectivity index (χ0v) is 9.28. The minimum atomic E-state index is 0.263. The van der Waals surface area contributed by atoms with Gasteiger partial charge >= 0.3 is 0 Å². The van der Waals surface area contributed by atoms with Crippen LogP contribution in [0.4, 0.5) is 0 Å². The smallest absolute Gasteiger partial charge is 0.226 e. The van der Waals surface area contributed by atoms with Crippen molar-refractivity contribution in [2.75, 3.05) is 0 Å². The Balaban J connectivity index is 1.79. The zero-order chi connectivity index (χ0) is 10.7. The van der Waals surface area contributed by atoms with E-state index in [0.29, 0.717) is 5.92 Å². The molecule has 0 aliphatic heterocycles. The fourth-order valence-corrected chi connectivity index (χ4v) is 1.78. The Bertz CT molecular complexity index is 305. The number of aryl methyl sites for hydroxylation is 1. The van der Waals surface area contributed by atoms with Gasteiger partial charge in [-0.15, -0.1) is 0 Å². The molecule has 1 aliphatic carbocycles. The second-order valence-electron chi connectivity index (χ2n) is 4.54. The molecule has 1 saturated carbocycles. The average molecular weight is 209 g/mol. The number of nitrogens with two attached hydrogens (primary N) is 1. The summed E-state index contributed by atoms with van der Waals surface area (Å²) < 4.78 is 5.20. The van der Waals surface area contributed by atoms with Crippen LogP contribution in [0.15, 0.2) is 4.52 Å². The van der Waals surface area contributed by atoms with Gasteiger partial charge in [0.1, 0.15) is 0 Å². The normalized spacial score (nSPS) is 18.8. The van der Waals surface area contributed by atoms with E-state index in [0.717, 1.165) is 31.0 Å². The molecular weight excluding hydrogens is 190 g/mol. The van der Waals surface area contributed by atoms with Crippen LogP contribution in [0.1, 0.15) is 56.7 Å². The lowest BCUT2D eigenvalue weighted by molar-refractivity contribution is 0.344. The summed E-state index contributed by atoms with van der Waals surface area (Å²) in [4.78, 5) is 4.41. The van der Waals surface area contributed by atoms with Gasteiger partial charge < -0.3 is 10.3 Å². The number of hydrogen-bond acceptors (Lipinski definition) is 4. The maximum absolute atomic E-state index is 5.67. The predicted molar refractivity (Wildman–Crippen MR) is 57.5 cm³/mol. The van der Waals surface area contributed by atoms with Crippen LogP contribution in [0.5, 0.6) is 0 Å². The monoisotopic (exact) mass is 209 g/mol. The summed E-state index contributed by atoms with van der Waals surface area (Å²) in [6.45, 7) is 2.02. The van der Waals surface area contributed by atoms with Gasteiger partial charge in [0, 0.05) is 18.4 Å². The molecule has 0 radical (unpaired) electrons. The topological polar surface area (TPSA) is 64.9 Å². The van der Waals surface area contributed by atoms with E-state index < -0.39 is 0 Å². The molecule has 1 aromatic heterocycles. The summed E-state index contributed by atoms with van der Waals surface area (Å²) in [5, 5.41) is 4.02. The highest BCUT2D eigenvalue weighted by Gasteiger charge is 2.24. The standard InChI is InChI=1S/C11H19N3O/c1-8(12)4-2-7-10-13-11(14-15-10)9-5-3-6-9/h8-9H,2-7,12H2,1H3. The molecule has 1 fully saturated rings. The van der Waals surface area contributed by atoms with E-state index in [4.69, 9.17) is 10.3 Å². The summed E-state index contributed by atoms with van der Waals surface area (Å²) in [5.74, 6) is 2.26. The van der Waals surface area contributed by atoms with Crippen molar-refractivity contribution in [3.63, 3.8) is 0 Å². The van der Waals surface area contributed by atoms with E-state index in [-0.39, 0.29) is 6.04 Å². The maximum atomic E-state index is 5.67. The number of rotatable bonds is 5.